The minimum Gasteiger partial charge on any atom is -0.463 e. The summed E-state index contributed by atoms with van der Waals surface area (Å²) in [4.78, 5) is 78.4. The standard InChI is InChI=1S/C48H61N3O20/c1-9-20-59-46-26(2)39(62-22-34-18-14-11-15-19-34)40(35(67-46)23-58-21-33-16-12-10-13-17-33)70-47-38(50-51-49)43(64-30(6)55)41(36(68-47)24-60-27(3)52)71-48-45(66-32(8)57)44(65-31(7)56)42(63-29(5)54)37(69-48)25-61-28(4)53/h9-19,26,35-48H,1,20-25H2,2-8H3/t26?,35?,36?,37?,38?,39-,40+,41+,42+,43+,44-,45?,46+,47-,48-/m0/s1. The van der Waals surface area contributed by atoms with E-state index in [4.69, 9.17) is 66.3 Å². The summed E-state index contributed by atoms with van der Waals surface area (Å²) in [5.74, 6) is -5.75. The zero-order valence-electron chi connectivity index (χ0n) is 40.5. The van der Waals surface area contributed by atoms with Crippen molar-refractivity contribution in [2.75, 3.05) is 26.4 Å². The van der Waals surface area contributed by atoms with Gasteiger partial charge in [0.05, 0.1) is 32.5 Å². The van der Waals surface area contributed by atoms with Gasteiger partial charge in [0.25, 0.3) is 0 Å². The summed E-state index contributed by atoms with van der Waals surface area (Å²) in [5.41, 5.74) is 11.8. The summed E-state index contributed by atoms with van der Waals surface area (Å²) in [7, 11) is 0. The number of carbonyl (C=O) groups excluding carboxylic acids is 6. The number of rotatable bonds is 23. The van der Waals surface area contributed by atoms with E-state index in [1.165, 1.54) is 0 Å². The monoisotopic (exact) mass is 999 g/mol. The molecule has 0 bridgehead atoms. The molecule has 5 rings (SSSR count). The van der Waals surface area contributed by atoms with Gasteiger partial charge >= 0.3 is 35.8 Å². The number of nitrogens with zero attached hydrogens (tertiary/aromatic N) is 3. The molecule has 3 aliphatic rings. The number of hydrogen-bond acceptors (Lipinski definition) is 21. The molecule has 23 heteroatoms. The van der Waals surface area contributed by atoms with Crippen molar-refractivity contribution in [3.8, 4) is 0 Å². The highest BCUT2D eigenvalue weighted by Gasteiger charge is 2.58. The Morgan fingerprint density at radius 3 is 1.58 bits per heavy atom. The Morgan fingerprint density at radius 2 is 1.03 bits per heavy atom. The second-order valence-electron chi connectivity index (χ2n) is 16.7. The Balaban J connectivity index is 1.60. The van der Waals surface area contributed by atoms with Gasteiger partial charge in [0.15, 0.2) is 37.2 Å². The van der Waals surface area contributed by atoms with E-state index in [9.17, 15) is 34.3 Å². The van der Waals surface area contributed by atoms with E-state index in [1.54, 1.807) is 6.08 Å². The van der Waals surface area contributed by atoms with Crippen LogP contribution in [0.2, 0.25) is 0 Å². The molecule has 0 radical (unpaired) electrons. The van der Waals surface area contributed by atoms with E-state index in [-0.39, 0.29) is 26.4 Å². The third kappa shape index (κ3) is 16.5. The van der Waals surface area contributed by atoms with Crippen LogP contribution in [0, 0.1) is 5.92 Å². The Kier molecular flexibility index (Phi) is 21.7. The molecule has 6 unspecified atom stereocenters. The fourth-order valence-corrected chi connectivity index (χ4v) is 8.19. The van der Waals surface area contributed by atoms with Crippen molar-refractivity contribution in [1.82, 2.24) is 0 Å². The highest BCUT2D eigenvalue weighted by molar-refractivity contribution is 5.69. The van der Waals surface area contributed by atoms with E-state index in [0.29, 0.717) is 0 Å². The van der Waals surface area contributed by atoms with Crippen molar-refractivity contribution in [2.24, 2.45) is 11.0 Å². The van der Waals surface area contributed by atoms with E-state index in [1.807, 2.05) is 67.6 Å². The predicted molar refractivity (Wildman–Crippen MR) is 241 cm³/mol. The van der Waals surface area contributed by atoms with Gasteiger partial charge in [-0.2, -0.15) is 0 Å². The summed E-state index contributed by atoms with van der Waals surface area (Å²) in [5, 5.41) is 3.99. The van der Waals surface area contributed by atoms with E-state index < -0.39 is 141 Å². The highest BCUT2D eigenvalue weighted by atomic mass is 16.8. The molecular formula is C48H61N3O20. The second-order valence-corrected chi connectivity index (χ2v) is 16.7. The third-order valence-electron chi connectivity index (χ3n) is 11.1. The van der Waals surface area contributed by atoms with Gasteiger partial charge in [-0.15, -0.1) is 6.58 Å². The lowest BCUT2D eigenvalue weighted by Crippen LogP contribution is -2.67. The van der Waals surface area contributed by atoms with E-state index in [0.717, 1.165) is 52.7 Å². The fraction of sp³-hybridized carbons (Fsp3) is 0.583. The molecule has 0 aliphatic carbocycles. The van der Waals surface area contributed by atoms with E-state index >= 15 is 0 Å². The van der Waals surface area contributed by atoms with Gasteiger partial charge in [-0.05, 0) is 16.7 Å². The van der Waals surface area contributed by atoms with Gasteiger partial charge in [0, 0.05) is 52.4 Å². The van der Waals surface area contributed by atoms with Crippen molar-refractivity contribution in [3.63, 3.8) is 0 Å². The zero-order chi connectivity index (χ0) is 51.6. The van der Waals surface area contributed by atoms with Gasteiger partial charge in [0.2, 0.25) is 0 Å². The minimum absolute atomic E-state index is 0.0940. The van der Waals surface area contributed by atoms with Crippen molar-refractivity contribution < 1.29 is 95.1 Å². The summed E-state index contributed by atoms with van der Waals surface area (Å²) in [6.45, 7) is 11.1. The molecule has 388 valence electrons. The molecule has 0 spiro atoms. The molecule has 0 aromatic heterocycles. The van der Waals surface area contributed by atoms with Crippen molar-refractivity contribution in [3.05, 3.63) is 94.9 Å². The lowest BCUT2D eigenvalue weighted by molar-refractivity contribution is -0.365. The second kappa shape index (κ2) is 27.6. The molecule has 71 heavy (non-hydrogen) atoms. The smallest absolute Gasteiger partial charge is 0.303 e. The number of carbonyl (C=O) groups is 6. The van der Waals surface area contributed by atoms with Gasteiger partial charge in [0.1, 0.15) is 55.9 Å². The first-order valence-corrected chi connectivity index (χ1v) is 22.8. The van der Waals surface area contributed by atoms with Crippen molar-refractivity contribution in [1.29, 1.82) is 0 Å². The maximum absolute atomic E-state index is 13.1. The topological polar surface area (TPSA) is 280 Å². The minimum atomic E-state index is -1.87. The normalized spacial score (nSPS) is 30.3. The number of hydrogen-bond donors (Lipinski definition) is 0. The molecule has 0 saturated carbocycles. The Hall–Kier alpha value is -6.01. The Bertz CT molecular complexity index is 2140. The average Bonchev–Trinajstić information content (AvgIpc) is 3.31. The van der Waals surface area contributed by atoms with Crippen molar-refractivity contribution in [2.45, 2.75) is 148 Å². The Morgan fingerprint density at radius 1 is 0.563 bits per heavy atom. The van der Waals surface area contributed by atoms with Gasteiger partial charge in [-0.25, -0.2) is 0 Å². The molecule has 0 N–H and O–H groups in total. The van der Waals surface area contributed by atoms with E-state index in [2.05, 4.69) is 16.6 Å². The van der Waals surface area contributed by atoms with Gasteiger partial charge in [-0.1, -0.05) is 78.8 Å². The van der Waals surface area contributed by atoms with Crippen LogP contribution in [0.3, 0.4) is 0 Å². The van der Waals surface area contributed by atoms with Crippen LogP contribution in [-0.2, 0) is 108 Å². The van der Waals surface area contributed by atoms with Crippen LogP contribution in [0.1, 0.15) is 59.6 Å². The molecule has 2 aromatic rings. The van der Waals surface area contributed by atoms with Crippen molar-refractivity contribution >= 4 is 35.8 Å². The number of ether oxygens (including phenoxy) is 14. The SMILES string of the molecule is C=CCO[C@@H]1OC(COCc2ccccc2)[C@@H](O[C@@H]2OC(COC(C)=O)[C@@H](O[C@@H]3OC(COC(C)=O)[C@@H](OC(C)=O)[C@H](OC(C)=O)C3OC(C)=O)[C@H](OC(C)=O)C2N=[N+]=[N-])[C@@H](OCc2ccccc2)C1C. The summed E-state index contributed by atoms with van der Waals surface area (Å²) in [6, 6.07) is 17.1. The molecule has 3 saturated heterocycles. The number of benzene rings is 2. The lowest BCUT2D eigenvalue weighted by Gasteiger charge is -2.50. The first-order chi connectivity index (χ1) is 34.0. The van der Waals surface area contributed by atoms with Gasteiger partial charge in [-0.3, -0.25) is 28.8 Å². The predicted octanol–water partition coefficient (Wildman–Crippen LogP) is 4.10. The molecule has 23 nitrogen and oxygen atoms in total. The van der Waals surface area contributed by atoms with Crippen LogP contribution in [0.4, 0.5) is 0 Å². The first-order valence-electron chi connectivity index (χ1n) is 22.8. The molecule has 0 amide bonds. The Labute approximate surface area is 410 Å². The first kappa shape index (κ1) is 55.9. The van der Waals surface area contributed by atoms with Crippen LogP contribution in [-0.4, -0.2) is 148 Å². The third-order valence-corrected chi connectivity index (χ3v) is 11.1. The fourth-order valence-electron chi connectivity index (χ4n) is 8.19. The largest absolute Gasteiger partial charge is 0.463 e. The lowest BCUT2D eigenvalue weighted by atomic mass is 9.91. The maximum atomic E-state index is 13.1. The van der Waals surface area contributed by atoms with Crippen LogP contribution >= 0.6 is 0 Å². The average molecular weight is 1000 g/mol. The number of esters is 6. The number of azide groups is 1. The van der Waals surface area contributed by atoms with Crippen LogP contribution in [0.15, 0.2) is 78.4 Å². The van der Waals surface area contributed by atoms with Crippen LogP contribution in [0.5, 0.6) is 0 Å². The maximum Gasteiger partial charge on any atom is 0.303 e. The quantitative estimate of drug-likeness (QED) is 0.0378. The van der Waals surface area contributed by atoms with Crippen LogP contribution < -0.4 is 0 Å². The summed E-state index contributed by atoms with van der Waals surface area (Å²) >= 11 is 0. The molecule has 3 heterocycles. The molecule has 2 aromatic carbocycles. The molecular weight excluding hydrogens is 939 g/mol. The highest BCUT2D eigenvalue weighted by Crippen LogP contribution is 2.39. The molecule has 3 fully saturated rings. The zero-order valence-corrected chi connectivity index (χ0v) is 40.5. The molecule has 15 atom stereocenters. The molecule has 3 aliphatic heterocycles. The van der Waals surface area contributed by atoms with Gasteiger partial charge < -0.3 is 66.3 Å². The summed E-state index contributed by atoms with van der Waals surface area (Å²) < 4.78 is 84.8. The summed E-state index contributed by atoms with van der Waals surface area (Å²) in [6.07, 6.45) is -17.1. The van der Waals surface area contributed by atoms with Crippen LogP contribution in [0.25, 0.3) is 10.4 Å².